The van der Waals surface area contributed by atoms with Crippen LogP contribution < -0.4 is 0 Å². The van der Waals surface area contributed by atoms with Crippen LogP contribution in [0.1, 0.15) is 47.0 Å². The molecule has 0 bridgehead atoms. The molecule has 0 radical (unpaired) electrons. The molecule has 2 rings (SSSR count). The van der Waals surface area contributed by atoms with Gasteiger partial charge in [-0.05, 0) is 18.3 Å². The van der Waals surface area contributed by atoms with Crippen molar-refractivity contribution in [3.63, 3.8) is 0 Å². The van der Waals surface area contributed by atoms with Gasteiger partial charge >= 0.3 is 11.9 Å². The second kappa shape index (κ2) is 9.24. The quantitative estimate of drug-likeness (QED) is 0.518. The SMILES string of the molecule is CC(C)CC(=O)OCC1=CO[C@@H](OC(=O)CC(C)C)[C@@H]2[C@@H]1C[C@H](O)[C@]2(O)CO. The molecule has 1 aliphatic carbocycles. The van der Waals surface area contributed by atoms with Gasteiger partial charge < -0.3 is 29.5 Å². The first-order valence-corrected chi connectivity index (χ1v) is 9.79. The van der Waals surface area contributed by atoms with E-state index in [0.29, 0.717) is 5.57 Å². The van der Waals surface area contributed by atoms with Gasteiger partial charge in [-0.3, -0.25) is 9.59 Å². The first-order valence-electron chi connectivity index (χ1n) is 9.79. The van der Waals surface area contributed by atoms with Gasteiger partial charge in [-0.25, -0.2) is 0 Å². The van der Waals surface area contributed by atoms with Crippen LogP contribution in [0.2, 0.25) is 0 Å². The minimum absolute atomic E-state index is 0.0480. The Bertz CT molecular complexity index is 599. The van der Waals surface area contributed by atoms with Gasteiger partial charge in [0.1, 0.15) is 12.2 Å². The summed E-state index contributed by atoms with van der Waals surface area (Å²) in [4.78, 5) is 23.9. The van der Waals surface area contributed by atoms with Crippen LogP contribution in [0.5, 0.6) is 0 Å². The van der Waals surface area contributed by atoms with Gasteiger partial charge in [-0.1, -0.05) is 27.7 Å². The molecule has 0 aromatic heterocycles. The van der Waals surface area contributed by atoms with Crippen LogP contribution in [-0.4, -0.2) is 58.5 Å². The van der Waals surface area contributed by atoms with Crippen LogP contribution in [-0.2, 0) is 23.8 Å². The molecule has 0 unspecified atom stereocenters. The molecule has 1 aliphatic heterocycles. The van der Waals surface area contributed by atoms with E-state index in [4.69, 9.17) is 14.2 Å². The average molecular weight is 400 g/mol. The number of carbonyl (C=O) groups excluding carboxylic acids is 2. The molecule has 0 spiro atoms. The summed E-state index contributed by atoms with van der Waals surface area (Å²) in [6, 6.07) is 0. The van der Waals surface area contributed by atoms with E-state index < -0.39 is 42.4 Å². The number of fused-ring (bicyclic) bond motifs is 1. The largest absolute Gasteiger partial charge is 0.462 e. The Morgan fingerprint density at radius 2 is 1.82 bits per heavy atom. The van der Waals surface area contributed by atoms with Gasteiger partial charge in [0.05, 0.1) is 24.9 Å². The monoisotopic (exact) mass is 400 g/mol. The predicted molar refractivity (Wildman–Crippen MR) is 98.6 cm³/mol. The topological polar surface area (TPSA) is 123 Å². The summed E-state index contributed by atoms with van der Waals surface area (Å²) in [5, 5.41) is 30.9. The molecule has 1 fully saturated rings. The zero-order valence-corrected chi connectivity index (χ0v) is 17.0. The van der Waals surface area contributed by atoms with Crippen molar-refractivity contribution in [2.24, 2.45) is 23.7 Å². The van der Waals surface area contributed by atoms with Gasteiger partial charge in [0.2, 0.25) is 6.29 Å². The summed E-state index contributed by atoms with van der Waals surface area (Å²) >= 11 is 0. The normalized spacial score (nSPS) is 32.0. The lowest BCUT2D eigenvalue weighted by Crippen LogP contribution is -2.54. The lowest BCUT2D eigenvalue weighted by atomic mass is 9.80. The van der Waals surface area contributed by atoms with Crippen molar-refractivity contribution < 1.29 is 39.1 Å². The molecule has 0 amide bonds. The van der Waals surface area contributed by atoms with Gasteiger partial charge in [0.15, 0.2) is 0 Å². The van der Waals surface area contributed by atoms with Crippen molar-refractivity contribution in [3.8, 4) is 0 Å². The predicted octanol–water partition coefficient (Wildman–Crippen LogP) is 1.13. The van der Waals surface area contributed by atoms with Crippen LogP contribution in [0.4, 0.5) is 0 Å². The van der Waals surface area contributed by atoms with Crippen molar-refractivity contribution in [2.75, 3.05) is 13.2 Å². The summed E-state index contributed by atoms with van der Waals surface area (Å²) < 4.78 is 16.2. The molecule has 8 nitrogen and oxygen atoms in total. The van der Waals surface area contributed by atoms with Crippen molar-refractivity contribution >= 4 is 11.9 Å². The zero-order valence-electron chi connectivity index (χ0n) is 17.0. The van der Waals surface area contributed by atoms with E-state index in [9.17, 15) is 24.9 Å². The summed E-state index contributed by atoms with van der Waals surface area (Å²) in [6.45, 7) is 6.80. The highest BCUT2D eigenvalue weighted by Gasteiger charge is 2.60. The van der Waals surface area contributed by atoms with E-state index >= 15 is 0 Å². The van der Waals surface area contributed by atoms with Crippen molar-refractivity contribution in [2.45, 2.75) is 65.0 Å². The third kappa shape index (κ3) is 5.04. The van der Waals surface area contributed by atoms with Crippen molar-refractivity contribution in [1.82, 2.24) is 0 Å². The van der Waals surface area contributed by atoms with E-state index in [1.807, 2.05) is 27.7 Å². The Hall–Kier alpha value is -1.64. The van der Waals surface area contributed by atoms with Crippen LogP contribution >= 0.6 is 0 Å². The number of carbonyl (C=O) groups is 2. The molecule has 2 aliphatic rings. The fourth-order valence-electron chi connectivity index (χ4n) is 3.82. The molecular formula is C20H32O8. The number of hydrogen-bond donors (Lipinski definition) is 3. The smallest absolute Gasteiger partial charge is 0.309 e. The van der Waals surface area contributed by atoms with Crippen LogP contribution in [0.25, 0.3) is 0 Å². The van der Waals surface area contributed by atoms with Crippen molar-refractivity contribution in [3.05, 3.63) is 11.8 Å². The fraction of sp³-hybridized carbons (Fsp3) is 0.800. The average Bonchev–Trinajstić information content (AvgIpc) is 2.85. The zero-order chi connectivity index (χ0) is 21.1. The fourth-order valence-corrected chi connectivity index (χ4v) is 3.82. The Morgan fingerprint density at radius 3 is 2.39 bits per heavy atom. The van der Waals surface area contributed by atoms with Gasteiger partial charge in [-0.2, -0.15) is 0 Å². The summed E-state index contributed by atoms with van der Waals surface area (Å²) in [7, 11) is 0. The number of esters is 2. The molecule has 0 aromatic carbocycles. The minimum Gasteiger partial charge on any atom is -0.462 e. The Morgan fingerprint density at radius 1 is 1.21 bits per heavy atom. The molecule has 28 heavy (non-hydrogen) atoms. The Labute approximate surface area is 165 Å². The van der Waals surface area contributed by atoms with Crippen molar-refractivity contribution in [1.29, 1.82) is 0 Å². The van der Waals surface area contributed by atoms with Gasteiger partial charge in [0, 0.05) is 24.3 Å². The lowest BCUT2D eigenvalue weighted by Gasteiger charge is -2.39. The van der Waals surface area contributed by atoms with Crippen LogP contribution in [0.3, 0.4) is 0 Å². The number of aliphatic hydroxyl groups is 3. The maximum Gasteiger partial charge on any atom is 0.309 e. The maximum atomic E-state index is 12.1. The Balaban J connectivity index is 2.17. The molecule has 3 N–H and O–H groups in total. The highest BCUT2D eigenvalue weighted by molar-refractivity contribution is 5.70. The summed E-state index contributed by atoms with van der Waals surface area (Å²) in [5.74, 6) is -1.91. The maximum absolute atomic E-state index is 12.1. The first-order chi connectivity index (χ1) is 13.1. The standard InChI is InChI=1S/C20H32O8/c1-11(2)5-16(23)26-8-13-9-27-19(28-17(24)6-12(3)4)18-14(13)7-15(22)20(18,25)10-21/h9,11-12,14-15,18-19,21-22,25H,5-8,10H2,1-4H3/t14-,15+,18+,19+,20-/m1/s1. The third-order valence-electron chi connectivity index (χ3n) is 5.24. The number of ether oxygens (including phenoxy) is 3. The summed E-state index contributed by atoms with van der Waals surface area (Å²) in [6.07, 6.45) is -0.401. The third-order valence-corrected chi connectivity index (χ3v) is 5.24. The first kappa shape index (κ1) is 22.6. The minimum atomic E-state index is -1.88. The molecule has 160 valence electrons. The van der Waals surface area contributed by atoms with E-state index in [1.165, 1.54) is 6.26 Å². The molecule has 8 heteroatoms. The number of aliphatic hydroxyl groups excluding tert-OH is 2. The van der Waals surface area contributed by atoms with E-state index in [2.05, 4.69) is 0 Å². The van der Waals surface area contributed by atoms with Crippen LogP contribution in [0.15, 0.2) is 11.8 Å². The van der Waals surface area contributed by atoms with E-state index in [-0.39, 0.29) is 43.7 Å². The van der Waals surface area contributed by atoms with Crippen LogP contribution in [0, 0.1) is 23.7 Å². The molecular weight excluding hydrogens is 368 g/mol. The van der Waals surface area contributed by atoms with Gasteiger partial charge in [0.25, 0.3) is 0 Å². The second-order valence-electron chi connectivity index (χ2n) is 8.58. The van der Waals surface area contributed by atoms with E-state index in [1.54, 1.807) is 0 Å². The molecule has 1 saturated carbocycles. The Kier molecular flexibility index (Phi) is 7.47. The second-order valence-corrected chi connectivity index (χ2v) is 8.58. The molecule has 5 atom stereocenters. The molecule has 0 aromatic rings. The highest BCUT2D eigenvalue weighted by atomic mass is 16.7. The summed E-state index contributed by atoms with van der Waals surface area (Å²) in [5.41, 5.74) is -1.31. The van der Waals surface area contributed by atoms with Gasteiger partial charge in [-0.15, -0.1) is 0 Å². The number of rotatable bonds is 8. The highest BCUT2D eigenvalue weighted by Crippen LogP contribution is 2.49. The molecule has 1 heterocycles. The lowest BCUT2D eigenvalue weighted by molar-refractivity contribution is -0.218. The van der Waals surface area contributed by atoms with E-state index in [0.717, 1.165) is 0 Å². The molecule has 0 saturated heterocycles. The number of hydrogen-bond acceptors (Lipinski definition) is 8.